The summed E-state index contributed by atoms with van der Waals surface area (Å²) in [6.45, 7) is 10.5. The van der Waals surface area contributed by atoms with Crippen LogP contribution in [0.3, 0.4) is 0 Å². The minimum Gasteiger partial charge on any atom is -0.494 e. The molecule has 2 amide bonds. The Balaban J connectivity index is 1.81. The van der Waals surface area contributed by atoms with E-state index in [1.165, 1.54) is 4.90 Å². The number of anilines is 2. The molecule has 0 aliphatic carbocycles. The minimum absolute atomic E-state index is 0.282. The summed E-state index contributed by atoms with van der Waals surface area (Å²) in [6.07, 6.45) is 0. The molecule has 4 rings (SSSR count). The highest BCUT2D eigenvalue weighted by Gasteiger charge is 2.40. The van der Waals surface area contributed by atoms with E-state index in [4.69, 9.17) is 4.74 Å². The molecule has 1 aliphatic heterocycles. The zero-order valence-corrected chi connectivity index (χ0v) is 19.7. The van der Waals surface area contributed by atoms with Gasteiger partial charge in [0, 0.05) is 5.69 Å². The highest BCUT2D eigenvalue weighted by molar-refractivity contribution is 6.46. The summed E-state index contributed by atoms with van der Waals surface area (Å²) in [5, 5.41) is 3.27. The van der Waals surface area contributed by atoms with Gasteiger partial charge >= 0.3 is 0 Å². The number of hydrogen-bond acceptors (Lipinski definition) is 4. The summed E-state index contributed by atoms with van der Waals surface area (Å²) in [6, 6.07) is 18.8. The molecule has 33 heavy (non-hydrogen) atoms. The van der Waals surface area contributed by atoms with Crippen molar-refractivity contribution in [2.45, 2.75) is 34.6 Å². The summed E-state index contributed by atoms with van der Waals surface area (Å²) in [7, 11) is 0. The number of carbonyl (C=O) groups is 2. The third-order valence-electron chi connectivity index (χ3n) is 5.93. The molecule has 3 aromatic carbocycles. The second-order valence-corrected chi connectivity index (χ2v) is 8.37. The van der Waals surface area contributed by atoms with Crippen LogP contribution >= 0.6 is 0 Å². The molecule has 1 aliphatic rings. The van der Waals surface area contributed by atoms with Gasteiger partial charge in [-0.2, -0.15) is 0 Å². The van der Waals surface area contributed by atoms with Crippen LogP contribution < -0.4 is 15.0 Å². The van der Waals surface area contributed by atoms with E-state index >= 15 is 0 Å². The van der Waals surface area contributed by atoms with Crippen LogP contribution in [0, 0.1) is 27.7 Å². The van der Waals surface area contributed by atoms with Gasteiger partial charge in [-0.25, -0.2) is 4.90 Å². The molecule has 0 aromatic heterocycles. The molecule has 5 nitrogen and oxygen atoms in total. The summed E-state index contributed by atoms with van der Waals surface area (Å²) in [5.74, 6) is -0.0339. The van der Waals surface area contributed by atoms with Crippen LogP contribution in [-0.2, 0) is 9.59 Å². The molecule has 0 atom stereocenters. The lowest BCUT2D eigenvalue weighted by molar-refractivity contribution is -0.120. The lowest BCUT2D eigenvalue weighted by Crippen LogP contribution is -2.32. The maximum atomic E-state index is 13.6. The Bertz CT molecular complexity index is 1270. The van der Waals surface area contributed by atoms with Gasteiger partial charge in [-0.15, -0.1) is 0 Å². The van der Waals surface area contributed by atoms with Crippen LogP contribution in [0.4, 0.5) is 11.4 Å². The Morgan fingerprint density at radius 2 is 1.52 bits per heavy atom. The predicted molar refractivity (Wildman–Crippen MR) is 132 cm³/mol. The van der Waals surface area contributed by atoms with E-state index in [2.05, 4.69) is 5.32 Å². The van der Waals surface area contributed by atoms with Gasteiger partial charge in [-0.1, -0.05) is 35.9 Å². The first-order valence-corrected chi connectivity index (χ1v) is 11.1. The van der Waals surface area contributed by atoms with Crippen LogP contribution in [-0.4, -0.2) is 18.4 Å². The first kappa shape index (κ1) is 22.3. The molecule has 168 valence electrons. The first-order valence-electron chi connectivity index (χ1n) is 11.1. The largest absolute Gasteiger partial charge is 0.494 e. The van der Waals surface area contributed by atoms with E-state index in [9.17, 15) is 9.59 Å². The van der Waals surface area contributed by atoms with E-state index in [0.29, 0.717) is 23.6 Å². The maximum absolute atomic E-state index is 13.6. The van der Waals surface area contributed by atoms with Crippen molar-refractivity contribution in [3.63, 3.8) is 0 Å². The van der Waals surface area contributed by atoms with Crippen LogP contribution in [0.1, 0.15) is 34.7 Å². The Hall–Kier alpha value is -3.86. The van der Waals surface area contributed by atoms with Gasteiger partial charge in [0.15, 0.2) is 0 Å². The van der Waals surface area contributed by atoms with E-state index in [-0.39, 0.29) is 17.5 Å². The zero-order chi connectivity index (χ0) is 23.7. The van der Waals surface area contributed by atoms with Gasteiger partial charge in [0.25, 0.3) is 11.8 Å². The van der Waals surface area contributed by atoms with Gasteiger partial charge < -0.3 is 10.1 Å². The van der Waals surface area contributed by atoms with Crippen molar-refractivity contribution in [2.75, 3.05) is 16.8 Å². The topological polar surface area (TPSA) is 58.6 Å². The Labute approximate surface area is 194 Å². The highest BCUT2D eigenvalue weighted by Crippen LogP contribution is 2.35. The third kappa shape index (κ3) is 4.27. The quantitative estimate of drug-likeness (QED) is 0.499. The molecule has 0 unspecified atom stereocenters. The van der Waals surface area contributed by atoms with Gasteiger partial charge in [-0.05, 0) is 87.2 Å². The van der Waals surface area contributed by atoms with Crippen molar-refractivity contribution in [1.82, 2.24) is 0 Å². The van der Waals surface area contributed by atoms with Crippen LogP contribution in [0.25, 0.3) is 5.57 Å². The third-order valence-corrected chi connectivity index (χ3v) is 5.93. The fourth-order valence-electron chi connectivity index (χ4n) is 3.99. The van der Waals surface area contributed by atoms with Crippen molar-refractivity contribution in [2.24, 2.45) is 0 Å². The molecular formula is C28H28N2O3. The molecule has 0 fully saturated rings. The number of imide groups is 1. The fourth-order valence-corrected chi connectivity index (χ4v) is 3.99. The predicted octanol–water partition coefficient (Wildman–Crippen LogP) is 5.72. The van der Waals surface area contributed by atoms with Crippen molar-refractivity contribution in [3.8, 4) is 5.75 Å². The summed E-state index contributed by atoms with van der Waals surface area (Å²) < 4.78 is 5.50. The SMILES string of the molecule is CCOc1ccc(N2C(=O)C(Nc3ccc(C)cc3C)=C(c3ccc(C)c(C)c3)C2=O)cc1. The molecule has 1 N–H and O–H groups in total. The first-order chi connectivity index (χ1) is 15.8. The smallest absolute Gasteiger partial charge is 0.282 e. The highest BCUT2D eigenvalue weighted by atomic mass is 16.5. The maximum Gasteiger partial charge on any atom is 0.282 e. The Morgan fingerprint density at radius 3 is 2.15 bits per heavy atom. The standard InChI is InChI=1S/C28H28N2O3/c1-6-33-23-12-10-22(11-13-23)30-27(31)25(21-9-8-18(3)19(4)16-21)26(28(30)32)29-24-14-7-17(2)15-20(24)5/h7-16,29H,6H2,1-5H3. The number of carbonyl (C=O) groups excluding carboxylic acids is 2. The van der Waals surface area contributed by atoms with E-state index in [0.717, 1.165) is 33.5 Å². The number of amides is 2. The van der Waals surface area contributed by atoms with Crippen LogP contribution in [0.15, 0.2) is 66.4 Å². The molecule has 0 radical (unpaired) electrons. The van der Waals surface area contributed by atoms with Crippen LogP contribution in [0.5, 0.6) is 5.75 Å². The van der Waals surface area contributed by atoms with Gasteiger partial charge in [-0.3, -0.25) is 9.59 Å². The Morgan fingerprint density at radius 1 is 0.788 bits per heavy atom. The summed E-state index contributed by atoms with van der Waals surface area (Å²) in [5.41, 5.74) is 7.00. The van der Waals surface area contributed by atoms with Crippen molar-refractivity contribution in [1.29, 1.82) is 0 Å². The van der Waals surface area contributed by atoms with E-state index in [1.807, 2.05) is 71.0 Å². The molecule has 0 bridgehead atoms. The average molecular weight is 441 g/mol. The molecule has 1 heterocycles. The number of nitrogens with one attached hydrogen (secondary N) is 1. The van der Waals surface area contributed by atoms with E-state index in [1.54, 1.807) is 24.3 Å². The fraction of sp³-hybridized carbons (Fsp3) is 0.214. The second kappa shape index (κ2) is 8.94. The summed E-state index contributed by atoms with van der Waals surface area (Å²) >= 11 is 0. The number of aryl methyl sites for hydroxylation is 4. The molecule has 5 heteroatoms. The number of benzene rings is 3. The zero-order valence-electron chi connectivity index (χ0n) is 19.7. The minimum atomic E-state index is -0.377. The second-order valence-electron chi connectivity index (χ2n) is 8.37. The van der Waals surface area contributed by atoms with E-state index < -0.39 is 0 Å². The molecule has 0 spiro atoms. The number of hydrogen-bond donors (Lipinski definition) is 1. The van der Waals surface area contributed by atoms with Crippen molar-refractivity contribution < 1.29 is 14.3 Å². The molecule has 0 saturated carbocycles. The van der Waals surface area contributed by atoms with Gasteiger partial charge in [0.1, 0.15) is 11.4 Å². The number of rotatable bonds is 6. The molecule has 0 saturated heterocycles. The van der Waals surface area contributed by atoms with Gasteiger partial charge in [0.2, 0.25) is 0 Å². The van der Waals surface area contributed by atoms with Crippen molar-refractivity contribution in [3.05, 3.63) is 94.2 Å². The number of nitrogens with zero attached hydrogens (tertiary/aromatic N) is 1. The molecule has 3 aromatic rings. The van der Waals surface area contributed by atoms with Crippen molar-refractivity contribution >= 4 is 28.8 Å². The molecular weight excluding hydrogens is 412 g/mol. The average Bonchev–Trinajstić information content (AvgIpc) is 3.02. The van der Waals surface area contributed by atoms with Crippen LogP contribution in [0.2, 0.25) is 0 Å². The monoisotopic (exact) mass is 440 g/mol. The summed E-state index contributed by atoms with van der Waals surface area (Å²) in [4.78, 5) is 28.5. The Kier molecular flexibility index (Phi) is 6.05. The lowest BCUT2D eigenvalue weighted by Gasteiger charge is -2.16. The lowest BCUT2D eigenvalue weighted by atomic mass is 9.99. The van der Waals surface area contributed by atoms with Gasteiger partial charge in [0.05, 0.1) is 17.9 Å². The normalized spacial score (nSPS) is 13.7. The number of ether oxygens (including phenoxy) is 1.